The standard InChI is InChI=1S/C24H19BrN2O2/c1-16-7-11-18(12-8-16)27-23(20-5-3-4-6-21(20)25)26-22(24(27)28)15-17-9-13-19(29-2)14-10-17/h3-15H,1-2H3/b22-15+. The first-order valence-corrected chi connectivity index (χ1v) is 9.96. The molecule has 4 rings (SSSR count). The van der Waals surface area contributed by atoms with Crippen molar-refractivity contribution >= 4 is 39.4 Å². The summed E-state index contributed by atoms with van der Waals surface area (Å²) >= 11 is 3.59. The minimum absolute atomic E-state index is 0.157. The second kappa shape index (κ2) is 8.05. The van der Waals surface area contributed by atoms with E-state index >= 15 is 0 Å². The molecule has 5 heteroatoms. The van der Waals surface area contributed by atoms with Crippen LogP contribution in [0.2, 0.25) is 0 Å². The van der Waals surface area contributed by atoms with Crippen molar-refractivity contribution in [1.29, 1.82) is 0 Å². The molecule has 0 aromatic heterocycles. The van der Waals surface area contributed by atoms with Crippen LogP contribution in [0.3, 0.4) is 0 Å². The van der Waals surface area contributed by atoms with E-state index in [-0.39, 0.29) is 5.91 Å². The van der Waals surface area contributed by atoms with Gasteiger partial charge in [0, 0.05) is 10.0 Å². The van der Waals surface area contributed by atoms with E-state index in [4.69, 9.17) is 9.73 Å². The van der Waals surface area contributed by atoms with Crippen LogP contribution in [0.5, 0.6) is 5.75 Å². The first-order chi connectivity index (χ1) is 14.1. The fourth-order valence-corrected chi connectivity index (χ4v) is 3.59. The van der Waals surface area contributed by atoms with Gasteiger partial charge in [0.1, 0.15) is 17.3 Å². The van der Waals surface area contributed by atoms with E-state index < -0.39 is 0 Å². The monoisotopic (exact) mass is 446 g/mol. The molecule has 4 nitrogen and oxygen atoms in total. The molecule has 3 aromatic carbocycles. The van der Waals surface area contributed by atoms with E-state index in [1.54, 1.807) is 18.1 Å². The van der Waals surface area contributed by atoms with Gasteiger partial charge < -0.3 is 4.74 Å². The normalized spacial score (nSPS) is 15.0. The summed E-state index contributed by atoms with van der Waals surface area (Å²) in [5.41, 5.74) is 4.05. The van der Waals surface area contributed by atoms with Crippen molar-refractivity contribution in [3.05, 3.63) is 99.7 Å². The number of nitrogens with zero attached hydrogens (tertiary/aromatic N) is 2. The van der Waals surface area contributed by atoms with Crippen molar-refractivity contribution in [1.82, 2.24) is 0 Å². The van der Waals surface area contributed by atoms with Crippen molar-refractivity contribution in [3.8, 4) is 5.75 Å². The van der Waals surface area contributed by atoms with Crippen LogP contribution in [-0.4, -0.2) is 18.9 Å². The molecule has 0 N–H and O–H groups in total. The third-order valence-electron chi connectivity index (χ3n) is 4.69. The van der Waals surface area contributed by atoms with Gasteiger partial charge in [0.25, 0.3) is 5.91 Å². The van der Waals surface area contributed by atoms with E-state index in [9.17, 15) is 4.79 Å². The molecule has 1 aliphatic rings. The maximum Gasteiger partial charge on any atom is 0.282 e. The van der Waals surface area contributed by atoms with E-state index in [0.29, 0.717) is 11.5 Å². The molecule has 0 unspecified atom stereocenters. The van der Waals surface area contributed by atoms with Crippen molar-refractivity contribution in [2.24, 2.45) is 4.99 Å². The fourth-order valence-electron chi connectivity index (χ4n) is 3.13. The zero-order chi connectivity index (χ0) is 20.4. The number of amides is 1. The predicted molar refractivity (Wildman–Crippen MR) is 120 cm³/mol. The SMILES string of the molecule is COc1ccc(/C=C2/N=C(c3ccccc3Br)N(c3ccc(C)cc3)C2=O)cc1. The average Bonchev–Trinajstić information content (AvgIpc) is 3.05. The van der Waals surface area contributed by atoms with E-state index in [1.165, 1.54) is 0 Å². The minimum Gasteiger partial charge on any atom is -0.497 e. The Morgan fingerprint density at radius 1 is 0.966 bits per heavy atom. The summed E-state index contributed by atoms with van der Waals surface area (Å²) in [5.74, 6) is 1.21. The van der Waals surface area contributed by atoms with E-state index in [0.717, 1.165) is 32.6 Å². The third-order valence-corrected chi connectivity index (χ3v) is 5.38. The molecular formula is C24H19BrN2O2. The van der Waals surface area contributed by atoms with Gasteiger partial charge in [-0.15, -0.1) is 0 Å². The zero-order valence-electron chi connectivity index (χ0n) is 16.1. The number of hydrogen-bond acceptors (Lipinski definition) is 3. The van der Waals surface area contributed by atoms with Gasteiger partial charge in [-0.25, -0.2) is 4.99 Å². The molecule has 1 aliphatic heterocycles. The topological polar surface area (TPSA) is 41.9 Å². The number of anilines is 1. The van der Waals surface area contributed by atoms with Gasteiger partial charge in [0.2, 0.25) is 0 Å². The molecule has 0 aliphatic carbocycles. The van der Waals surface area contributed by atoms with Crippen LogP contribution in [0.1, 0.15) is 16.7 Å². The molecule has 0 saturated carbocycles. The van der Waals surface area contributed by atoms with Crippen LogP contribution in [0.4, 0.5) is 5.69 Å². The van der Waals surface area contributed by atoms with E-state index in [2.05, 4.69) is 15.9 Å². The third kappa shape index (κ3) is 3.87. The maximum absolute atomic E-state index is 13.3. The smallest absolute Gasteiger partial charge is 0.282 e. The van der Waals surface area contributed by atoms with Gasteiger partial charge in [-0.3, -0.25) is 9.69 Å². The Hall–Kier alpha value is -3.18. The first-order valence-electron chi connectivity index (χ1n) is 9.17. The second-order valence-electron chi connectivity index (χ2n) is 6.69. The van der Waals surface area contributed by atoms with Crippen molar-refractivity contribution in [2.45, 2.75) is 6.92 Å². The van der Waals surface area contributed by atoms with Crippen molar-refractivity contribution < 1.29 is 9.53 Å². The summed E-state index contributed by atoms with van der Waals surface area (Å²) in [5, 5.41) is 0. The summed E-state index contributed by atoms with van der Waals surface area (Å²) in [6.45, 7) is 2.02. The number of carbonyl (C=O) groups is 1. The maximum atomic E-state index is 13.3. The molecule has 0 atom stereocenters. The number of hydrogen-bond donors (Lipinski definition) is 0. The van der Waals surface area contributed by atoms with Crippen LogP contribution < -0.4 is 9.64 Å². The summed E-state index contributed by atoms with van der Waals surface area (Å²) < 4.78 is 6.09. The Balaban J connectivity index is 1.81. The summed E-state index contributed by atoms with van der Waals surface area (Å²) in [7, 11) is 1.63. The highest BCUT2D eigenvalue weighted by atomic mass is 79.9. The predicted octanol–water partition coefficient (Wildman–Crippen LogP) is 5.60. The molecule has 0 fully saturated rings. The molecule has 144 valence electrons. The number of aliphatic imine (C=N–C) groups is 1. The molecule has 3 aromatic rings. The second-order valence-corrected chi connectivity index (χ2v) is 7.55. The first kappa shape index (κ1) is 19.2. The number of halogens is 1. The van der Waals surface area contributed by atoms with Crippen molar-refractivity contribution in [2.75, 3.05) is 12.0 Å². The summed E-state index contributed by atoms with van der Waals surface area (Å²) in [6, 6.07) is 23.2. The zero-order valence-corrected chi connectivity index (χ0v) is 17.7. The van der Waals surface area contributed by atoms with Crippen LogP contribution in [0, 0.1) is 6.92 Å². The molecule has 29 heavy (non-hydrogen) atoms. The van der Waals surface area contributed by atoms with Crippen LogP contribution >= 0.6 is 15.9 Å². The molecular weight excluding hydrogens is 428 g/mol. The van der Waals surface area contributed by atoms with Crippen LogP contribution in [0.15, 0.2) is 88.0 Å². The number of benzene rings is 3. The van der Waals surface area contributed by atoms with Gasteiger partial charge in [-0.05, 0) is 48.9 Å². The molecule has 0 radical (unpaired) electrons. The largest absolute Gasteiger partial charge is 0.497 e. The lowest BCUT2D eigenvalue weighted by atomic mass is 10.1. The Morgan fingerprint density at radius 3 is 2.31 bits per heavy atom. The van der Waals surface area contributed by atoms with Gasteiger partial charge in [-0.1, -0.05) is 64.0 Å². The number of amidine groups is 1. The van der Waals surface area contributed by atoms with Crippen molar-refractivity contribution in [3.63, 3.8) is 0 Å². The summed E-state index contributed by atoms with van der Waals surface area (Å²) in [6.07, 6.45) is 1.80. The minimum atomic E-state index is -0.157. The Morgan fingerprint density at radius 2 is 1.66 bits per heavy atom. The lowest BCUT2D eigenvalue weighted by Gasteiger charge is -2.19. The summed E-state index contributed by atoms with van der Waals surface area (Å²) in [4.78, 5) is 19.7. The Kier molecular flexibility index (Phi) is 5.32. The van der Waals surface area contributed by atoms with Crippen LogP contribution in [0.25, 0.3) is 6.08 Å². The lowest BCUT2D eigenvalue weighted by molar-refractivity contribution is -0.113. The van der Waals surface area contributed by atoms with Gasteiger partial charge in [-0.2, -0.15) is 0 Å². The van der Waals surface area contributed by atoms with Gasteiger partial charge in [0.05, 0.1) is 12.8 Å². The Bertz CT molecular complexity index is 1120. The number of ether oxygens (including phenoxy) is 1. The highest BCUT2D eigenvalue weighted by Gasteiger charge is 2.33. The lowest BCUT2D eigenvalue weighted by Crippen LogP contribution is -2.32. The quantitative estimate of drug-likeness (QED) is 0.489. The highest BCUT2D eigenvalue weighted by Crippen LogP contribution is 2.30. The van der Waals surface area contributed by atoms with Gasteiger partial charge in [0.15, 0.2) is 0 Å². The number of methoxy groups -OCH3 is 1. The Labute approximate surface area is 178 Å². The van der Waals surface area contributed by atoms with E-state index in [1.807, 2.05) is 79.7 Å². The van der Waals surface area contributed by atoms with Crippen LogP contribution in [-0.2, 0) is 4.79 Å². The highest BCUT2D eigenvalue weighted by molar-refractivity contribution is 9.10. The number of carbonyl (C=O) groups excluding carboxylic acids is 1. The molecule has 0 bridgehead atoms. The molecule has 1 heterocycles. The molecule has 0 saturated heterocycles. The molecule has 1 amide bonds. The molecule has 0 spiro atoms. The van der Waals surface area contributed by atoms with Gasteiger partial charge >= 0.3 is 0 Å². The average molecular weight is 447 g/mol. The number of aryl methyl sites for hydroxylation is 1. The fraction of sp³-hybridized carbons (Fsp3) is 0.0833. The number of rotatable bonds is 4.